The molecule has 2 aromatic heterocycles. The summed E-state index contributed by atoms with van der Waals surface area (Å²) in [5, 5.41) is 2.80. The first-order chi connectivity index (χ1) is 12.1. The van der Waals surface area contributed by atoms with Gasteiger partial charge in [0, 0.05) is 36.0 Å². The number of carbonyl (C=O) groups excluding carboxylic acids is 1. The highest BCUT2D eigenvalue weighted by Crippen LogP contribution is 2.21. The number of ether oxygens (including phenoxy) is 1. The Morgan fingerprint density at radius 1 is 1.28 bits per heavy atom. The van der Waals surface area contributed by atoms with E-state index in [4.69, 9.17) is 4.74 Å². The lowest BCUT2D eigenvalue weighted by atomic mass is 10.3. The summed E-state index contributed by atoms with van der Waals surface area (Å²) in [4.78, 5) is 27.0. The van der Waals surface area contributed by atoms with E-state index < -0.39 is 0 Å². The molecule has 2 aromatic rings. The lowest BCUT2D eigenvalue weighted by molar-refractivity contribution is 0.0946. The molecular formula is C17H20BrN5O2. The molecule has 0 radical (unpaired) electrons. The predicted octanol–water partition coefficient (Wildman–Crippen LogP) is 2.35. The van der Waals surface area contributed by atoms with Crippen molar-refractivity contribution in [1.29, 1.82) is 0 Å². The Balaban J connectivity index is 1.51. The molecule has 3 rings (SSSR count). The zero-order chi connectivity index (χ0) is 17.6. The molecule has 8 heteroatoms. The van der Waals surface area contributed by atoms with E-state index >= 15 is 0 Å². The topological polar surface area (TPSA) is 80.2 Å². The number of carbonyl (C=O) groups is 1. The number of hydrogen-bond donors (Lipinski definition) is 1. The number of amides is 1. The highest BCUT2D eigenvalue weighted by molar-refractivity contribution is 9.10. The maximum absolute atomic E-state index is 12.0. The third-order valence-corrected chi connectivity index (χ3v) is 4.27. The number of pyridine rings is 1. The van der Waals surface area contributed by atoms with E-state index in [2.05, 4.69) is 41.1 Å². The third kappa shape index (κ3) is 4.88. The second-order valence-corrected chi connectivity index (χ2v) is 6.72. The fourth-order valence-electron chi connectivity index (χ4n) is 2.67. The van der Waals surface area contributed by atoms with Crippen molar-refractivity contribution in [2.24, 2.45) is 0 Å². The number of nitrogens with zero attached hydrogens (tertiary/aromatic N) is 4. The molecule has 1 N–H and O–H groups in total. The standard InChI is InChI=1S/C17H20BrN5O2/c1-12-21-15(23-5-2-3-6-23)9-16(22-12)25-7-4-20-17(24)13-8-14(18)11-19-10-13/h8-11H,2-7H2,1H3,(H,20,24). The molecule has 0 unspecified atom stereocenters. The smallest absolute Gasteiger partial charge is 0.253 e. The third-order valence-electron chi connectivity index (χ3n) is 3.84. The van der Waals surface area contributed by atoms with Gasteiger partial charge in [-0.2, -0.15) is 4.98 Å². The van der Waals surface area contributed by atoms with Gasteiger partial charge in [0.25, 0.3) is 5.91 Å². The van der Waals surface area contributed by atoms with Crippen LogP contribution in [0.2, 0.25) is 0 Å². The summed E-state index contributed by atoms with van der Waals surface area (Å²) < 4.78 is 6.45. The molecule has 7 nitrogen and oxygen atoms in total. The normalized spacial score (nSPS) is 13.8. The zero-order valence-corrected chi connectivity index (χ0v) is 15.6. The second-order valence-electron chi connectivity index (χ2n) is 5.80. The lowest BCUT2D eigenvalue weighted by Gasteiger charge is -2.17. The minimum Gasteiger partial charge on any atom is -0.476 e. The maximum atomic E-state index is 12.0. The summed E-state index contributed by atoms with van der Waals surface area (Å²) in [6.07, 6.45) is 5.54. The van der Waals surface area contributed by atoms with Crippen LogP contribution < -0.4 is 15.0 Å². The maximum Gasteiger partial charge on any atom is 0.253 e. The molecule has 132 valence electrons. The van der Waals surface area contributed by atoms with Crippen molar-refractivity contribution in [3.8, 4) is 5.88 Å². The quantitative estimate of drug-likeness (QED) is 0.742. The fourth-order valence-corrected chi connectivity index (χ4v) is 3.03. The monoisotopic (exact) mass is 405 g/mol. The number of rotatable bonds is 6. The van der Waals surface area contributed by atoms with Crippen LogP contribution in [0.3, 0.4) is 0 Å². The molecule has 0 spiro atoms. The Hall–Kier alpha value is -2.22. The molecule has 0 bridgehead atoms. The van der Waals surface area contributed by atoms with E-state index in [0.717, 1.165) is 23.4 Å². The van der Waals surface area contributed by atoms with Crippen LogP contribution in [0.1, 0.15) is 29.0 Å². The van der Waals surface area contributed by atoms with Gasteiger partial charge in [-0.25, -0.2) is 4.98 Å². The Morgan fingerprint density at radius 2 is 2.08 bits per heavy atom. The summed E-state index contributed by atoms with van der Waals surface area (Å²) in [6, 6.07) is 3.58. The van der Waals surface area contributed by atoms with Gasteiger partial charge in [0.15, 0.2) is 0 Å². The first-order valence-electron chi connectivity index (χ1n) is 8.24. The van der Waals surface area contributed by atoms with Gasteiger partial charge < -0.3 is 15.0 Å². The number of aromatic nitrogens is 3. The molecule has 0 aromatic carbocycles. The van der Waals surface area contributed by atoms with Crippen molar-refractivity contribution >= 4 is 27.7 Å². The number of aryl methyl sites for hydroxylation is 1. The van der Waals surface area contributed by atoms with Gasteiger partial charge in [0.2, 0.25) is 5.88 Å². The number of halogens is 1. The van der Waals surface area contributed by atoms with E-state index in [1.807, 2.05) is 13.0 Å². The van der Waals surface area contributed by atoms with Crippen LogP contribution in [0.25, 0.3) is 0 Å². The van der Waals surface area contributed by atoms with Crippen LogP contribution in [0.15, 0.2) is 29.0 Å². The van der Waals surface area contributed by atoms with Crippen LogP contribution in [0.4, 0.5) is 5.82 Å². The van der Waals surface area contributed by atoms with E-state index in [1.165, 1.54) is 19.0 Å². The van der Waals surface area contributed by atoms with Crippen LogP contribution in [-0.2, 0) is 0 Å². The van der Waals surface area contributed by atoms with Gasteiger partial charge in [0.1, 0.15) is 18.2 Å². The van der Waals surface area contributed by atoms with Crippen LogP contribution in [0, 0.1) is 6.92 Å². The van der Waals surface area contributed by atoms with Crippen LogP contribution in [0.5, 0.6) is 5.88 Å². The van der Waals surface area contributed by atoms with E-state index in [0.29, 0.717) is 30.4 Å². The van der Waals surface area contributed by atoms with Gasteiger partial charge in [-0.15, -0.1) is 0 Å². The molecule has 1 aliphatic rings. The highest BCUT2D eigenvalue weighted by Gasteiger charge is 2.15. The minimum absolute atomic E-state index is 0.186. The Kier molecular flexibility index (Phi) is 5.80. The summed E-state index contributed by atoms with van der Waals surface area (Å²) >= 11 is 3.30. The molecule has 0 atom stereocenters. The van der Waals surface area contributed by atoms with Gasteiger partial charge in [-0.1, -0.05) is 0 Å². The predicted molar refractivity (Wildman–Crippen MR) is 98.0 cm³/mol. The van der Waals surface area contributed by atoms with Gasteiger partial charge in [-0.3, -0.25) is 9.78 Å². The molecule has 0 saturated carbocycles. The van der Waals surface area contributed by atoms with E-state index in [-0.39, 0.29) is 5.91 Å². The number of hydrogen-bond acceptors (Lipinski definition) is 6. The van der Waals surface area contributed by atoms with Gasteiger partial charge >= 0.3 is 0 Å². The Labute approximate surface area is 155 Å². The van der Waals surface area contributed by atoms with Crippen molar-refractivity contribution in [2.75, 3.05) is 31.1 Å². The molecular weight excluding hydrogens is 386 g/mol. The summed E-state index contributed by atoms with van der Waals surface area (Å²) in [5.74, 6) is 1.94. The van der Waals surface area contributed by atoms with Crippen LogP contribution in [-0.4, -0.2) is 47.1 Å². The van der Waals surface area contributed by atoms with Gasteiger partial charge in [0.05, 0.1) is 12.1 Å². The number of anilines is 1. The SMILES string of the molecule is Cc1nc(OCCNC(=O)c2cncc(Br)c2)cc(N2CCCC2)n1. The van der Waals surface area contributed by atoms with E-state index in [1.54, 1.807) is 12.3 Å². The second kappa shape index (κ2) is 8.24. The van der Waals surface area contributed by atoms with Crippen molar-refractivity contribution in [3.63, 3.8) is 0 Å². The minimum atomic E-state index is -0.186. The van der Waals surface area contributed by atoms with Crippen molar-refractivity contribution in [2.45, 2.75) is 19.8 Å². The average molecular weight is 406 g/mol. The molecule has 3 heterocycles. The first kappa shape index (κ1) is 17.6. The van der Waals surface area contributed by atoms with Crippen molar-refractivity contribution in [3.05, 3.63) is 40.4 Å². The summed E-state index contributed by atoms with van der Waals surface area (Å²) in [7, 11) is 0. The summed E-state index contributed by atoms with van der Waals surface area (Å²) in [6.45, 7) is 4.62. The summed E-state index contributed by atoms with van der Waals surface area (Å²) in [5.41, 5.74) is 0.503. The molecule has 1 saturated heterocycles. The fraction of sp³-hybridized carbons (Fsp3) is 0.412. The van der Waals surface area contributed by atoms with Gasteiger partial charge in [-0.05, 0) is 41.8 Å². The number of nitrogens with one attached hydrogen (secondary N) is 1. The first-order valence-corrected chi connectivity index (χ1v) is 9.03. The molecule has 0 aliphatic carbocycles. The van der Waals surface area contributed by atoms with Crippen molar-refractivity contribution in [1.82, 2.24) is 20.3 Å². The molecule has 25 heavy (non-hydrogen) atoms. The zero-order valence-electron chi connectivity index (χ0n) is 14.0. The van der Waals surface area contributed by atoms with E-state index in [9.17, 15) is 4.79 Å². The molecule has 1 aliphatic heterocycles. The van der Waals surface area contributed by atoms with Crippen LogP contribution >= 0.6 is 15.9 Å². The molecule has 1 amide bonds. The Morgan fingerprint density at radius 3 is 2.84 bits per heavy atom. The largest absolute Gasteiger partial charge is 0.476 e. The van der Waals surface area contributed by atoms with Crippen molar-refractivity contribution < 1.29 is 9.53 Å². The molecule has 1 fully saturated rings. The highest BCUT2D eigenvalue weighted by atomic mass is 79.9. The average Bonchev–Trinajstić information content (AvgIpc) is 3.13. The lowest BCUT2D eigenvalue weighted by Crippen LogP contribution is -2.28. The Bertz CT molecular complexity index is 750.